The Balaban J connectivity index is 0.000000558. The molecule has 0 fully saturated rings. The Morgan fingerprint density at radius 1 is 0.906 bits per heavy atom. The van der Waals surface area contributed by atoms with E-state index in [2.05, 4.69) is 16.0 Å². The van der Waals surface area contributed by atoms with Crippen LogP contribution >= 0.6 is 0 Å². The average molecular weight is 632 g/mol. The van der Waals surface area contributed by atoms with Gasteiger partial charge in [-0.3, -0.25) is 4.98 Å². The zero-order valence-electron chi connectivity index (χ0n) is 17.3. The fourth-order valence-electron chi connectivity index (χ4n) is 2.73. The van der Waals surface area contributed by atoms with Crippen LogP contribution in [0.15, 0.2) is 30.5 Å². The van der Waals surface area contributed by atoms with Gasteiger partial charge in [-0.15, -0.1) is 35.9 Å². The standard InChI is InChI=1S/C17H8F5N2.C5H12O2.Ir/c1-8-17(9-5-3-2-4-6-9)23-7-10(24-8)11-12(18)14(20)16(22)15(21)13(11)19;1-4(6)3-5(2)7;/h2-5,7H,1H3;4-7H,3H2,1-2H3;/q-1;;. The Kier molecular flexibility index (Phi) is 10.5. The van der Waals surface area contributed by atoms with Crippen LogP contribution in [0.4, 0.5) is 22.0 Å². The summed E-state index contributed by atoms with van der Waals surface area (Å²) < 4.78 is 67.4. The molecule has 2 N–H and O–H groups in total. The molecule has 2 aromatic carbocycles. The molecule has 0 spiro atoms. The monoisotopic (exact) mass is 632 g/mol. The van der Waals surface area contributed by atoms with Crippen LogP contribution in [0.2, 0.25) is 0 Å². The predicted molar refractivity (Wildman–Crippen MR) is 104 cm³/mol. The summed E-state index contributed by atoms with van der Waals surface area (Å²) in [5, 5.41) is 17.1. The van der Waals surface area contributed by atoms with E-state index in [4.69, 9.17) is 10.2 Å². The van der Waals surface area contributed by atoms with Gasteiger partial charge in [0.15, 0.2) is 23.3 Å². The van der Waals surface area contributed by atoms with E-state index in [9.17, 15) is 22.0 Å². The molecule has 0 amide bonds. The maximum atomic E-state index is 13.8. The number of nitrogens with zero attached hydrogens (tertiary/aromatic N) is 2. The first-order valence-electron chi connectivity index (χ1n) is 9.23. The number of halogens is 5. The molecule has 3 rings (SSSR count). The van der Waals surface area contributed by atoms with Gasteiger partial charge in [0.05, 0.1) is 23.5 Å². The number of aryl methyl sites for hydroxylation is 1. The van der Waals surface area contributed by atoms with Crippen molar-refractivity contribution in [2.24, 2.45) is 0 Å². The van der Waals surface area contributed by atoms with Crippen LogP contribution in [0.1, 0.15) is 26.0 Å². The topological polar surface area (TPSA) is 66.2 Å². The number of rotatable bonds is 4. The molecule has 2 unspecified atom stereocenters. The number of hydrogen-bond acceptors (Lipinski definition) is 4. The number of aliphatic hydroxyl groups is 2. The molecule has 4 nitrogen and oxygen atoms in total. The van der Waals surface area contributed by atoms with Crippen LogP contribution in [0, 0.1) is 42.1 Å². The second-order valence-electron chi connectivity index (χ2n) is 6.84. The summed E-state index contributed by atoms with van der Waals surface area (Å²) in [5.41, 5.74) is -0.306. The van der Waals surface area contributed by atoms with Crippen molar-refractivity contribution in [1.82, 2.24) is 9.97 Å². The molecule has 1 radical (unpaired) electrons. The molecule has 0 bridgehead atoms. The smallest absolute Gasteiger partial charge is 0.200 e. The number of hydrogen-bond donors (Lipinski definition) is 2. The van der Waals surface area contributed by atoms with Gasteiger partial charge >= 0.3 is 0 Å². The molecule has 0 saturated carbocycles. The third-order valence-electron chi connectivity index (χ3n) is 4.06. The Morgan fingerprint density at radius 2 is 1.44 bits per heavy atom. The predicted octanol–water partition coefficient (Wildman–Crippen LogP) is 4.75. The van der Waals surface area contributed by atoms with Crippen molar-refractivity contribution in [3.05, 3.63) is 71.3 Å². The van der Waals surface area contributed by atoms with Gasteiger partial charge in [-0.1, -0.05) is 0 Å². The van der Waals surface area contributed by atoms with E-state index in [1.165, 1.54) is 6.92 Å². The minimum atomic E-state index is -2.21. The maximum absolute atomic E-state index is 13.8. The normalized spacial score (nSPS) is 12.3. The molecule has 3 aromatic rings. The second kappa shape index (κ2) is 12.1. The van der Waals surface area contributed by atoms with Crippen molar-refractivity contribution in [2.45, 2.75) is 39.4 Å². The van der Waals surface area contributed by atoms with Gasteiger partial charge in [0, 0.05) is 37.7 Å². The molecule has 0 aliphatic rings. The number of benzene rings is 2. The van der Waals surface area contributed by atoms with Gasteiger partial charge in [0.25, 0.3) is 0 Å². The SMILES string of the molecule is CC(O)CC(C)O.Cc1nc(-c2c(F)c(F)c(F)c(F)c2F)cnc1-c1[c-]cccc1.[Ir]. The third kappa shape index (κ3) is 6.62. The molecule has 0 aliphatic heterocycles. The van der Waals surface area contributed by atoms with E-state index in [0.29, 0.717) is 17.7 Å². The Hall–Kier alpha value is -2.26. The largest absolute Gasteiger partial charge is 0.393 e. The summed E-state index contributed by atoms with van der Waals surface area (Å²) >= 11 is 0. The maximum Gasteiger partial charge on any atom is 0.200 e. The van der Waals surface area contributed by atoms with Gasteiger partial charge in [-0.2, -0.15) is 0 Å². The summed E-state index contributed by atoms with van der Waals surface area (Å²) in [7, 11) is 0. The summed E-state index contributed by atoms with van der Waals surface area (Å²) in [4.78, 5) is 7.96. The quantitative estimate of drug-likeness (QED) is 0.189. The van der Waals surface area contributed by atoms with Crippen LogP contribution in [0.5, 0.6) is 0 Å². The van der Waals surface area contributed by atoms with E-state index < -0.39 is 40.3 Å². The van der Waals surface area contributed by atoms with Crippen LogP contribution in [0.3, 0.4) is 0 Å². The minimum absolute atomic E-state index is 0. The first-order chi connectivity index (χ1) is 14.5. The van der Waals surface area contributed by atoms with Gasteiger partial charge in [-0.05, 0) is 27.2 Å². The minimum Gasteiger partial charge on any atom is -0.393 e. The van der Waals surface area contributed by atoms with Crippen molar-refractivity contribution < 1.29 is 52.3 Å². The summed E-state index contributed by atoms with van der Waals surface area (Å²) in [6.45, 7) is 4.83. The van der Waals surface area contributed by atoms with Gasteiger partial charge in [0.2, 0.25) is 5.82 Å². The van der Waals surface area contributed by atoms with Crippen molar-refractivity contribution >= 4 is 0 Å². The van der Waals surface area contributed by atoms with Crippen molar-refractivity contribution in [3.63, 3.8) is 0 Å². The van der Waals surface area contributed by atoms with Crippen LogP contribution in [-0.4, -0.2) is 32.4 Å². The van der Waals surface area contributed by atoms with Crippen molar-refractivity contribution in [3.8, 4) is 22.5 Å². The average Bonchev–Trinajstić information content (AvgIpc) is 2.71. The van der Waals surface area contributed by atoms with E-state index in [0.717, 1.165) is 6.20 Å². The van der Waals surface area contributed by atoms with E-state index in [1.54, 1.807) is 38.1 Å². The van der Waals surface area contributed by atoms with Crippen LogP contribution < -0.4 is 0 Å². The van der Waals surface area contributed by atoms with Gasteiger partial charge in [0.1, 0.15) is 0 Å². The van der Waals surface area contributed by atoms with Crippen LogP contribution in [-0.2, 0) is 20.1 Å². The fraction of sp³-hybridized carbons (Fsp3) is 0.273. The second-order valence-corrected chi connectivity index (χ2v) is 6.84. The molecule has 1 aromatic heterocycles. The Labute approximate surface area is 195 Å². The Morgan fingerprint density at radius 3 is 1.84 bits per heavy atom. The summed E-state index contributed by atoms with van der Waals surface area (Å²) in [6.07, 6.45) is 0.682. The van der Waals surface area contributed by atoms with Crippen molar-refractivity contribution in [1.29, 1.82) is 0 Å². The first kappa shape index (κ1) is 27.8. The summed E-state index contributed by atoms with van der Waals surface area (Å²) in [5.74, 6) is -10.2. The zero-order chi connectivity index (χ0) is 23.3. The summed E-state index contributed by atoms with van der Waals surface area (Å²) in [6, 6.07) is 9.75. The molecular weight excluding hydrogens is 611 g/mol. The molecule has 175 valence electrons. The fourth-order valence-corrected chi connectivity index (χ4v) is 2.73. The van der Waals surface area contributed by atoms with Crippen molar-refractivity contribution in [2.75, 3.05) is 0 Å². The molecule has 2 atom stereocenters. The Bertz CT molecular complexity index is 1020. The molecular formula is C22H20F5IrN2O2-. The zero-order valence-corrected chi connectivity index (χ0v) is 19.7. The first-order valence-corrected chi connectivity index (χ1v) is 9.23. The molecule has 1 heterocycles. The van der Waals surface area contributed by atoms with E-state index in [-0.39, 0.29) is 38.0 Å². The molecule has 32 heavy (non-hydrogen) atoms. The molecule has 0 saturated heterocycles. The number of aromatic nitrogens is 2. The van der Waals surface area contributed by atoms with Crippen LogP contribution in [0.25, 0.3) is 22.5 Å². The molecule has 10 heteroatoms. The number of aliphatic hydroxyl groups excluding tert-OH is 2. The van der Waals surface area contributed by atoms with E-state index >= 15 is 0 Å². The van der Waals surface area contributed by atoms with E-state index in [1.807, 2.05) is 0 Å². The van der Waals surface area contributed by atoms with Gasteiger partial charge < -0.3 is 15.2 Å². The molecule has 0 aliphatic carbocycles. The third-order valence-corrected chi connectivity index (χ3v) is 4.06. The van der Waals surface area contributed by atoms with Gasteiger partial charge in [-0.25, -0.2) is 22.0 Å².